The number of hydrogen-bond acceptors (Lipinski definition) is 3. The molecule has 3 aromatic carbocycles. The lowest BCUT2D eigenvalue weighted by Crippen LogP contribution is -2.19. The number of H-pyrrole nitrogens is 1. The molecule has 9 heteroatoms. The van der Waals surface area contributed by atoms with Crippen LogP contribution in [0.2, 0.25) is 0 Å². The first-order valence-corrected chi connectivity index (χ1v) is 9.63. The largest absolute Gasteiger partial charge is 0.573 e. The predicted octanol–water partition coefficient (Wildman–Crippen LogP) is 6.36. The zero-order valence-electron chi connectivity index (χ0n) is 17.3. The third-order valence-electron chi connectivity index (χ3n) is 5.12. The fourth-order valence-electron chi connectivity index (χ4n) is 3.64. The molecule has 1 aromatic heterocycles. The Morgan fingerprint density at radius 3 is 2.03 bits per heavy atom. The molecule has 0 bridgehead atoms. The van der Waals surface area contributed by atoms with E-state index in [4.69, 9.17) is 4.74 Å². The number of alkyl halides is 3. The number of hydrogen-bond donors (Lipinski definition) is 1. The van der Waals surface area contributed by atoms with Crippen LogP contribution in [0.5, 0.6) is 11.5 Å². The van der Waals surface area contributed by atoms with Crippen molar-refractivity contribution < 1.29 is 31.4 Å². The van der Waals surface area contributed by atoms with Gasteiger partial charge in [-0.15, -0.1) is 13.2 Å². The monoisotopic (exact) mass is 461 g/mol. The molecule has 0 amide bonds. The van der Waals surface area contributed by atoms with E-state index in [0.29, 0.717) is 39.0 Å². The van der Waals surface area contributed by atoms with Crippen molar-refractivity contribution in [2.75, 3.05) is 7.11 Å². The van der Waals surface area contributed by atoms with E-state index in [2.05, 4.69) is 9.72 Å². The standard InChI is InChI=1S/C24H16F5NO3/c1-12-21(22(31)17-8-7-16(32-2)11-20(17)30-12)14-5-3-13(4-6-14)15-9-18(25)23(19(26)10-15)33-24(27,28)29/h3-11H,1-2H3,(H,30,31). The van der Waals surface area contributed by atoms with Gasteiger partial charge in [0.15, 0.2) is 17.1 Å². The second kappa shape index (κ2) is 8.23. The highest BCUT2D eigenvalue weighted by Gasteiger charge is 2.34. The summed E-state index contributed by atoms with van der Waals surface area (Å²) in [4.78, 5) is 16.3. The van der Waals surface area contributed by atoms with Gasteiger partial charge < -0.3 is 14.5 Å². The minimum atomic E-state index is -5.22. The molecular weight excluding hydrogens is 445 g/mol. The first-order chi connectivity index (χ1) is 15.6. The van der Waals surface area contributed by atoms with Crippen LogP contribution in [0, 0.1) is 18.6 Å². The summed E-state index contributed by atoms with van der Waals surface area (Å²) in [6.07, 6.45) is -5.22. The number of nitrogens with one attached hydrogen (secondary N) is 1. The first-order valence-electron chi connectivity index (χ1n) is 9.63. The molecule has 4 rings (SSSR count). The number of aryl methyl sites for hydroxylation is 1. The number of benzene rings is 3. The van der Waals surface area contributed by atoms with E-state index in [1.54, 1.807) is 37.3 Å². The lowest BCUT2D eigenvalue weighted by atomic mass is 9.97. The Morgan fingerprint density at radius 1 is 0.848 bits per heavy atom. The van der Waals surface area contributed by atoms with Crippen molar-refractivity contribution in [2.45, 2.75) is 13.3 Å². The molecule has 4 nitrogen and oxygen atoms in total. The van der Waals surface area contributed by atoms with E-state index in [-0.39, 0.29) is 11.0 Å². The van der Waals surface area contributed by atoms with Crippen LogP contribution in [-0.4, -0.2) is 18.5 Å². The average molecular weight is 461 g/mol. The minimum Gasteiger partial charge on any atom is -0.497 e. The molecule has 0 saturated heterocycles. The van der Waals surface area contributed by atoms with Crippen molar-refractivity contribution >= 4 is 10.9 Å². The molecule has 170 valence electrons. The number of pyridine rings is 1. The third kappa shape index (κ3) is 4.39. The zero-order valence-corrected chi connectivity index (χ0v) is 17.3. The van der Waals surface area contributed by atoms with Gasteiger partial charge in [-0.25, -0.2) is 8.78 Å². The van der Waals surface area contributed by atoms with E-state index in [1.807, 2.05) is 0 Å². The molecular formula is C24H16F5NO3. The minimum absolute atomic E-state index is 0.0160. The molecule has 0 aliphatic heterocycles. The van der Waals surface area contributed by atoms with Gasteiger partial charge in [0.1, 0.15) is 5.75 Å². The van der Waals surface area contributed by atoms with E-state index in [9.17, 15) is 26.7 Å². The molecule has 0 spiro atoms. The van der Waals surface area contributed by atoms with Gasteiger partial charge in [-0.2, -0.15) is 0 Å². The predicted molar refractivity (Wildman–Crippen MR) is 113 cm³/mol. The maximum Gasteiger partial charge on any atom is 0.573 e. The summed E-state index contributed by atoms with van der Waals surface area (Å²) >= 11 is 0. The summed E-state index contributed by atoms with van der Waals surface area (Å²) < 4.78 is 73.7. The van der Waals surface area contributed by atoms with Crippen LogP contribution in [0.4, 0.5) is 22.0 Å². The molecule has 0 aliphatic carbocycles. The van der Waals surface area contributed by atoms with Crippen molar-refractivity contribution in [1.29, 1.82) is 0 Å². The number of halogens is 5. The fraction of sp³-hybridized carbons (Fsp3) is 0.125. The van der Waals surface area contributed by atoms with Crippen molar-refractivity contribution in [1.82, 2.24) is 4.98 Å². The Balaban J connectivity index is 1.72. The smallest absolute Gasteiger partial charge is 0.497 e. The SMILES string of the molecule is COc1ccc2c(=O)c(-c3ccc(-c4cc(F)c(OC(F)(F)F)c(F)c4)cc3)c(C)[nH]c2c1. The molecule has 33 heavy (non-hydrogen) atoms. The number of fused-ring (bicyclic) bond motifs is 1. The summed E-state index contributed by atoms with van der Waals surface area (Å²) in [6, 6.07) is 12.8. The van der Waals surface area contributed by atoms with Crippen molar-refractivity contribution in [3.63, 3.8) is 0 Å². The summed E-state index contributed by atoms with van der Waals surface area (Å²) in [5, 5.41) is 0.463. The maximum absolute atomic E-state index is 14.1. The van der Waals surface area contributed by atoms with E-state index in [1.165, 1.54) is 19.2 Å². The topological polar surface area (TPSA) is 51.3 Å². The van der Waals surface area contributed by atoms with Crippen LogP contribution in [-0.2, 0) is 0 Å². The third-order valence-corrected chi connectivity index (χ3v) is 5.12. The van der Waals surface area contributed by atoms with Crippen LogP contribution in [0.1, 0.15) is 5.69 Å². The number of ether oxygens (including phenoxy) is 2. The van der Waals surface area contributed by atoms with Crippen LogP contribution in [0.25, 0.3) is 33.2 Å². The molecule has 0 saturated carbocycles. The zero-order chi connectivity index (χ0) is 23.9. The van der Waals surface area contributed by atoms with Crippen LogP contribution in [0.15, 0.2) is 59.4 Å². The Morgan fingerprint density at radius 2 is 1.45 bits per heavy atom. The lowest BCUT2D eigenvalue weighted by molar-refractivity contribution is -0.276. The number of methoxy groups -OCH3 is 1. The Bertz CT molecular complexity index is 1390. The molecule has 1 N–H and O–H groups in total. The van der Waals surface area contributed by atoms with Gasteiger partial charge in [-0.05, 0) is 47.9 Å². The molecule has 0 fully saturated rings. The number of aromatic nitrogens is 1. The Hall–Kier alpha value is -3.88. The van der Waals surface area contributed by atoms with Gasteiger partial charge in [0.2, 0.25) is 5.75 Å². The number of aromatic amines is 1. The molecule has 4 aromatic rings. The number of rotatable bonds is 4. The molecule has 0 radical (unpaired) electrons. The van der Waals surface area contributed by atoms with Crippen molar-refractivity contribution in [3.8, 4) is 33.8 Å². The van der Waals surface area contributed by atoms with Gasteiger partial charge in [0, 0.05) is 22.7 Å². The molecule has 0 unspecified atom stereocenters. The van der Waals surface area contributed by atoms with Gasteiger partial charge in [0.25, 0.3) is 0 Å². The summed E-state index contributed by atoms with van der Waals surface area (Å²) in [7, 11) is 1.52. The summed E-state index contributed by atoms with van der Waals surface area (Å²) in [6.45, 7) is 1.74. The van der Waals surface area contributed by atoms with Gasteiger partial charge in [0.05, 0.1) is 12.6 Å². The highest BCUT2D eigenvalue weighted by atomic mass is 19.4. The Labute approximate surface area is 184 Å². The van der Waals surface area contributed by atoms with Crippen molar-refractivity contribution in [3.05, 3.63) is 82.1 Å². The van der Waals surface area contributed by atoms with Crippen LogP contribution >= 0.6 is 0 Å². The quantitative estimate of drug-likeness (QED) is 0.360. The second-order valence-corrected chi connectivity index (χ2v) is 7.26. The van der Waals surface area contributed by atoms with Crippen LogP contribution in [0.3, 0.4) is 0 Å². The van der Waals surface area contributed by atoms with E-state index in [0.717, 1.165) is 12.1 Å². The normalized spacial score (nSPS) is 11.6. The molecule has 1 heterocycles. The van der Waals surface area contributed by atoms with Gasteiger partial charge in [-0.3, -0.25) is 4.79 Å². The second-order valence-electron chi connectivity index (χ2n) is 7.26. The highest BCUT2D eigenvalue weighted by Crippen LogP contribution is 2.33. The van der Waals surface area contributed by atoms with Gasteiger partial charge >= 0.3 is 6.36 Å². The van der Waals surface area contributed by atoms with E-state index < -0.39 is 23.7 Å². The lowest BCUT2D eigenvalue weighted by Gasteiger charge is -2.13. The maximum atomic E-state index is 14.1. The summed E-state index contributed by atoms with van der Waals surface area (Å²) in [5.41, 5.74) is 2.36. The first kappa shape index (κ1) is 22.3. The summed E-state index contributed by atoms with van der Waals surface area (Å²) in [5.74, 6) is -3.88. The molecule has 0 atom stereocenters. The molecule has 0 aliphatic rings. The fourth-order valence-corrected chi connectivity index (χ4v) is 3.64. The van der Waals surface area contributed by atoms with E-state index >= 15 is 0 Å². The average Bonchev–Trinajstić information content (AvgIpc) is 2.75. The van der Waals surface area contributed by atoms with Gasteiger partial charge in [-0.1, -0.05) is 24.3 Å². The Kier molecular flexibility index (Phi) is 5.57. The van der Waals surface area contributed by atoms with Crippen LogP contribution < -0.4 is 14.9 Å². The highest BCUT2D eigenvalue weighted by molar-refractivity contribution is 5.86. The van der Waals surface area contributed by atoms with Crippen molar-refractivity contribution in [2.24, 2.45) is 0 Å².